The predicted molar refractivity (Wildman–Crippen MR) is 143 cm³/mol. The number of nitrogens with one attached hydrogen (secondary N) is 4. The lowest BCUT2D eigenvalue weighted by atomic mass is 10.0. The number of fused-ring (bicyclic) bond motifs is 1. The monoisotopic (exact) mass is 487 g/mol. The minimum atomic E-state index is -0.501. The summed E-state index contributed by atoms with van der Waals surface area (Å²) >= 11 is 1.41. The van der Waals surface area contributed by atoms with Crippen LogP contribution in [0.3, 0.4) is 0 Å². The van der Waals surface area contributed by atoms with Crippen molar-refractivity contribution in [2.75, 3.05) is 18.4 Å². The molecule has 1 aliphatic heterocycles. The lowest BCUT2D eigenvalue weighted by molar-refractivity contribution is 0.216. The van der Waals surface area contributed by atoms with Crippen LogP contribution in [0.1, 0.15) is 35.2 Å². The highest BCUT2D eigenvalue weighted by Crippen LogP contribution is 2.27. The van der Waals surface area contributed by atoms with E-state index in [-0.39, 0.29) is 0 Å². The van der Waals surface area contributed by atoms with Crippen LogP contribution in [0.15, 0.2) is 53.9 Å². The summed E-state index contributed by atoms with van der Waals surface area (Å²) in [6.45, 7) is 4.76. The molecule has 180 valence electrons. The van der Waals surface area contributed by atoms with Gasteiger partial charge in [-0.05, 0) is 73.6 Å². The van der Waals surface area contributed by atoms with E-state index >= 15 is 0 Å². The van der Waals surface area contributed by atoms with E-state index in [2.05, 4.69) is 32.2 Å². The summed E-state index contributed by atoms with van der Waals surface area (Å²) in [6, 6.07) is 16.6. The van der Waals surface area contributed by atoms with Crippen molar-refractivity contribution in [3.63, 3.8) is 0 Å². The maximum Gasteiger partial charge on any atom is 0.417 e. The average molecular weight is 488 g/mol. The van der Waals surface area contributed by atoms with Gasteiger partial charge in [0.15, 0.2) is 5.06 Å². The van der Waals surface area contributed by atoms with E-state index in [1.54, 1.807) is 0 Å². The molecule has 35 heavy (non-hydrogen) atoms. The Labute approximate surface area is 208 Å². The molecule has 4 N–H and O–H groups in total. The number of aromatic nitrogens is 2. The van der Waals surface area contributed by atoms with Gasteiger partial charge in [0.05, 0.1) is 16.9 Å². The van der Waals surface area contributed by atoms with E-state index in [9.17, 15) is 4.79 Å². The zero-order chi connectivity index (χ0) is 24.0. The van der Waals surface area contributed by atoms with Gasteiger partial charge in [-0.25, -0.2) is 4.79 Å². The first-order valence-corrected chi connectivity index (χ1v) is 12.7. The van der Waals surface area contributed by atoms with Crippen molar-refractivity contribution in [2.45, 2.75) is 32.4 Å². The average Bonchev–Trinajstić information content (AvgIpc) is 3.48. The van der Waals surface area contributed by atoms with Crippen molar-refractivity contribution in [3.8, 4) is 5.06 Å². The number of anilines is 1. The molecule has 0 aliphatic carbocycles. The summed E-state index contributed by atoms with van der Waals surface area (Å²) in [7, 11) is 0. The Morgan fingerprint density at radius 1 is 1.17 bits per heavy atom. The number of benzene rings is 2. The largest absolute Gasteiger partial charge is 0.417 e. The second-order valence-electron chi connectivity index (χ2n) is 8.72. The van der Waals surface area contributed by atoms with Crippen LogP contribution in [-0.2, 0) is 6.54 Å². The number of para-hydroxylation sites is 1. The second kappa shape index (κ2) is 10.9. The van der Waals surface area contributed by atoms with Crippen molar-refractivity contribution >= 4 is 46.2 Å². The molecule has 2 aromatic carbocycles. The van der Waals surface area contributed by atoms with Gasteiger partial charge in [-0.15, -0.1) is 11.3 Å². The summed E-state index contributed by atoms with van der Waals surface area (Å²) in [6.07, 6.45) is 5.67. The number of rotatable bonds is 7. The molecule has 0 bridgehead atoms. The van der Waals surface area contributed by atoms with Crippen LogP contribution >= 0.6 is 11.3 Å². The number of hydrogen-bond acceptors (Lipinski definition) is 6. The fourth-order valence-electron chi connectivity index (χ4n) is 4.22. The summed E-state index contributed by atoms with van der Waals surface area (Å²) < 4.78 is 5.55. The zero-order valence-electron chi connectivity index (χ0n) is 19.6. The van der Waals surface area contributed by atoms with Gasteiger partial charge in [-0.1, -0.05) is 36.4 Å². The number of carbonyl (C=O) groups is 1. The van der Waals surface area contributed by atoms with Crippen LogP contribution in [-0.4, -0.2) is 35.4 Å². The van der Waals surface area contributed by atoms with Gasteiger partial charge in [-0.2, -0.15) is 5.10 Å². The van der Waals surface area contributed by atoms with Crippen molar-refractivity contribution in [2.24, 2.45) is 0 Å². The van der Waals surface area contributed by atoms with E-state index in [0.29, 0.717) is 16.8 Å². The van der Waals surface area contributed by atoms with Crippen LogP contribution in [0.25, 0.3) is 23.1 Å². The smallest absolute Gasteiger partial charge is 0.399 e. The highest BCUT2D eigenvalue weighted by Gasteiger charge is 2.14. The Bertz CT molecular complexity index is 1340. The molecule has 1 saturated heterocycles. The summed E-state index contributed by atoms with van der Waals surface area (Å²) in [4.78, 5) is 12.7. The molecule has 5 rings (SSSR count). The number of nitrogens with zero attached hydrogens (tertiary/aromatic N) is 1. The molecule has 0 radical (unpaired) electrons. The van der Waals surface area contributed by atoms with Crippen LogP contribution < -0.4 is 20.7 Å². The molecule has 0 spiro atoms. The number of aryl methyl sites for hydroxylation is 1. The number of thiophene rings is 1. The number of ether oxygens (including phenoxy) is 1. The van der Waals surface area contributed by atoms with Gasteiger partial charge in [0.2, 0.25) is 0 Å². The lowest BCUT2D eigenvalue weighted by Crippen LogP contribution is -2.39. The van der Waals surface area contributed by atoms with E-state index in [4.69, 9.17) is 4.74 Å². The molecule has 1 aliphatic rings. The normalized spacial score (nSPS) is 14.5. The van der Waals surface area contributed by atoms with E-state index in [1.165, 1.54) is 11.3 Å². The van der Waals surface area contributed by atoms with Gasteiger partial charge in [-0.3, -0.25) is 10.4 Å². The minimum Gasteiger partial charge on any atom is -0.399 e. The first-order valence-electron chi connectivity index (χ1n) is 11.9. The van der Waals surface area contributed by atoms with Crippen molar-refractivity contribution in [1.82, 2.24) is 20.8 Å². The lowest BCUT2D eigenvalue weighted by Gasteiger charge is -2.24. The Morgan fingerprint density at radius 3 is 2.86 bits per heavy atom. The van der Waals surface area contributed by atoms with E-state index < -0.39 is 6.09 Å². The summed E-state index contributed by atoms with van der Waals surface area (Å²) in [5, 5.41) is 21.0. The van der Waals surface area contributed by atoms with Crippen LogP contribution in [0, 0.1) is 6.92 Å². The SMILES string of the molecule is Cc1ccsc1OC(=O)Nc1cc(CNC2CCNCC2)ccc1/C=C/c1n[nH]c2ccccc12. The molecule has 2 aromatic heterocycles. The molecule has 0 saturated carbocycles. The minimum absolute atomic E-state index is 0.501. The van der Waals surface area contributed by atoms with Gasteiger partial charge >= 0.3 is 6.09 Å². The van der Waals surface area contributed by atoms with Gasteiger partial charge in [0, 0.05) is 23.5 Å². The quantitative estimate of drug-likeness (QED) is 0.274. The molecule has 3 heterocycles. The Morgan fingerprint density at radius 2 is 2.03 bits per heavy atom. The summed E-state index contributed by atoms with van der Waals surface area (Å²) in [5.41, 5.74) is 5.45. The van der Waals surface area contributed by atoms with E-state index in [0.717, 1.165) is 65.8 Å². The van der Waals surface area contributed by atoms with Crippen molar-refractivity contribution < 1.29 is 9.53 Å². The maximum absolute atomic E-state index is 12.7. The standard InChI is InChI=1S/C27H29N5O2S/c1-18-12-15-35-26(18)34-27(33)30-25-16-19(17-29-21-10-13-28-14-11-21)6-7-20(25)8-9-24-22-4-2-3-5-23(22)31-32-24/h2-9,12,15-16,21,28-29H,10-11,13-14,17H2,1H3,(H,30,33)(H,31,32)/b9-8+. The van der Waals surface area contributed by atoms with Crippen LogP contribution in [0.4, 0.5) is 10.5 Å². The van der Waals surface area contributed by atoms with Gasteiger partial charge in [0.1, 0.15) is 0 Å². The molecule has 8 heteroatoms. The number of piperidine rings is 1. The first-order chi connectivity index (χ1) is 17.2. The number of H-pyrrole nitrogens is 1. The fourth-order valence-corrected chi connectivity index (χ4v) is 4.99. The molecule has 1 fully saturated rings. The zero-order valence-corrected chi connectivity index (χ0v) is 20.5. The number of carbonyl (C=O) groups excluding carboxylic acids is 1. The third-order valence-electron chi connectivity index (χ3n) is 6.21. The Kier molecular flexibility index (Phi) is 7.23. The molecule has 0 atom stereocenters. The molecule has 1 amide bonds. The number of hydrogen-bond donors (Lipinski definition) is 4. The molecule has 0 unspecified atom stereocenters. The van der Waals surface area contributed by atoms with E-state index in [1.807, 2.05) is 66.9 Å². The number of aromatic amines is 1. The highest BCUT2D eigenvalue weighted by atomic mass is 32.1. The third-order valence-corrected chi connectivity index (χ3v) is 7.10. The molecular weight excluding hydrogens is 458 g/mol. The number of amides is 1. The molecule has 7 nitrogen and oxygen atoms in total. The van der Waals surface area contributed by atoms with Gasteiger partial charge in [0.25, 0.3) is 0 Å². The Balaban J connectivity index is 1.37. The van der Waals surface area contributed by atoms with Gasteiger partial charge < -0.3 is 15.4 Å². The second-order valence-corrected chi connectivity index (χ2v) is 9.60. The predicted octanol–water partition coefficient (Wildman–Crippen LogP) is 5.56. The Hall–Kier alpha value is -3.46. The van der Waals surface area contributed by atoms with Crippen LogP contribution in [0.5, 0.6) is 5.06 Å². The topological polar surface area (TPSA) is 91.1 Å². The van der Waals surface area contributed by atoms with Crippen molar-refractivity contribution in [3.05, 3.63) is 76.3 Å². The first kappa shape index (κ1) is 23.3. The van der Waals surface area contributed by atoms with Crippen LogP contribution in [0.2, 0.25) is 0 Å². The summed E-state index contributed by atoms with van der Waals surface area (Å²) in [5.74, 6) is 0. The molecular formula is C27H29N5O2S. The fraction of sp³-hybridized carbons (Fsp3) is 0.259. The maximum atomic E-state index is 12.7. The van der Waals surface area contributed by atoms with Crippen molar-refractivity contribution in [1.29, 1.82) is 0 Å². The highest BCUT2D eigenvalue weighted by molar-refractivity contribution is 7.12. The third kappa shape index (κ3) is 5.79. The molecule has 4 aromatic rings.